The lowest BCUT2D eigenvalue weighted by Gasteiger charge is -2.33. The Morgan fingerprint density at radius 3 is 2.75 bits per heavy atom. The van der Waals surface area contributed by atoms with E-state index in [1.807, 2.05) is 6.20 Å². The average molecular weight is 296 g/mol. The van der Waals surface area contributed by atoms with Crippen LogP contribution in [0.5, 0.6) is 0 Å². The van der Waals surface area contributed by atoms with E-state index in [0.29, 0.717) is 11.5 Å². The number of nitrogens with one attached hydrogen (secondary N) is 1. The Morgan fingerprint density at radius 2 is 2.15 bits per heavy atom. The average Bonchev–Trinajstić information content (AvgIpc) is 2.83. The molecule has 2 heterocycles. The number of hydrogen-bond donors (Lipinski definition) is 1. The van der Waals surface area contributed by atoms with E-state index in [-0.39, 0.29) is 0 Å². The first kappa shape index (κ1) is 15.9. The van der Waals surface area contributed by atoms with Crippen LogP contribution in [0.2, 0.25) is 0 Å². The van der Waals surface area contributed by atoms with Gasteiger partial charge in [-0.1, -0.05) is 13.8 Å². The maximum Gasteiger partial charge on any atom is 0.0897 e. The van der Waals surface area contributed by atoms with Crippen molar-refractivity contribution in [3.8, 4) is 0 Å². The fourth-order valence-corrected chi connectivity index (χ4v) is 3.72. The van der Waals surface area contributed by atoms with E-state index in [2.05, 4.69) is 38.0 Å². The van der Waals surface area contributed by atoms with Gasteiger partial charge < -0.3 is 10.1 Å². The minimum absolute atomic E-state index is 0.343. The smallest absolute Gasteiger partial charge is 0.0897 e. The molecule has 3 nitrogen and oxygen atoms in total. The number of rotatable bonds is 6. The summed E-state index contributed by atoms with van der Waals surface area (Å²) in [7, 11) is 0. The number of aryl methyl sites for hydroxylation is 1. The molecule has 0 saturated carbocycles. The maximum atomic E-state index is 5.45. The molecule has 1 aliphatic rings. The van der Waals surface area contributed by atoms with Gasteiger partial charge in [0, 0.05) is 36.9 Å². The lowest BCUT2D eigenvalue weighted by atomic mass is 9.79. The standard InChI is InChI=1S/C16H28N2OS/c1-12(15-10-17-13(2)20-15)18-11-16(3,4)9-14-5-7-19-8-6-14/h10,12,14,18H,5-9,11H2,1-4H3. The molecule has 1 aromatic heterocycles. The molecule has 1 unspecified atom stereocenters. The predicted molar refractivity (Wildman–Crippen MR) is 85.2 cm³/mol. The van der Waals surface area contributed by atoms with Gasteiger partial charge in [0.05, 0.1) is 5.01 Å². The van der Waals surface area contributed by atoms with E-state index >= 15 is 0 Å². The number of nitrogens with zero attached hydrogens (tertiary/aromatic N) is 1. The zero-order chi connectivity index (χ0) is 14.6. The molecule has 1 saturated heterocycles. The number of ether oxygens (including phenoxy) is 1. The van der Waals surface area contributed by atoms with Crippen LogP contribution in [0.1, 0.15) is 56.0 Å². The normalized spacial score (nSPS) is 19.2. The summed E-state index contributed by atoms with van der Waals surface area (Å²) in [5.74, 6) is 0.835. The molecule has 0 aliphatic carbocycles. The molecule has 1 fully saturated rings. The molecule has 0 bridgehead atoms. The van der Waals surface area contributed by atoms with Gasteiger partial charge in [-0.2, -0.15) is 0 Å². The second-order valence-corrected chi connectivity index (χ2v) is 8.07. The molecule has 114 valence electrons. The summed E-state index contributed by atoms with van der Waals surface area (Å²) in [6, 6.07) is 0.398. The Balaban J connectivity index is 1.78. The van der Waals surface area contributed by atoms with E-state index in [1.165, 1.54) is 24.1 Å². The van der Waals surface area contributed by atoms with Gasteiger partial charge in [0.1, 0.15) is 0 Å². The van der Waals surface area contributed by atoms with Crippen LogP contribution in [0.3, 0.4) is 0 Å². The third kappa shape index (κ3) is 4.83. The van der Waals surface area contributed by atoms with Crippen molar-refractivity contribution < 1.29 is 4.74 Å². The molecule has 1 aliphatic heterocycles. The summed E-state index contributed by atoms with van der Waals surface area (Å²) in [5, 5.41) is 4.83. The maximum absolute atomic E-state index is 5.45. The first-order valence-corrected chi connectivity index (χ1v) is 8.51. The molecule has 0 radical (unpaired) electrons. The molecule has 4 heteroatoms. The van der Waals surface area contributed by atoms with Crippen molar-refractivity contribution in [2.75, 3.05) is 19.8 Å². The summed E-state index contributed by atoms with van der Waals surface area (Å²) >= 11 is 1.79. The highest BCUT2D eigenvalue weighted by molar-refractivity contribution is 7.11. The minimum atomic E-state index is 0.343. The van der Waals surface area contributed by atoms with Crippen LogP contribution in [0.15, 0.2) is 6.20 Å². The molecule has 20 heavy (non-hydrogen) atoms. The second kappa shape index (κ2) is 7.01. The number of hydrogen-bond acceptors (Lipinski definition) is 4. The summed E-state index contributed by atoms with van der Waals surface area (Å²) in [6.45, 7) is 12.0. The topological polar surface area (TPSA) is 34.2 Å². The van der Waals surface area contributed by atoms with E-state index in [1.54, 1.807) is 11.3 Å². The van der Waals surface area contributed by atoms with Crippen molar-refractivity contribution in [3.63, 3.8) is 0 Å². The summed E-state index contributed by atoms with van der Waals surface area (Å²) in [5.41, 5.74) is 0.343. The van der Waals surface area contributed by atoms with Gasteiger partial charge in [0.2, 0.25) is 0 Å². The third-order valence-corrected chi connectivity index (χ3v) is 5.23. The molecule has 1 atom stereocenters. The Labute approximate surface area is 127 Å². The number of thiazole rings is 1. The van der Waals surface area contributed by atoms with Gasteiger partial charge in [0.15, 0.2) is 0 Å². The zero-order valence-corrected chi connectivity index (χ0v) is 14.1. The Kier molecular flexibility index (Phi) is 5.58. The van der Waals surface area contributed by atoms with Crippen LogP contribution in [-0.2, 0) is 4.74 Å². The van der Waals surface area contributed by atoms with Crippen molar-refractivity contribution in [2.45, 2.75) is 53.0 Å². The highest BCUT2D eigenvalue weighted by Crippen LogP contribution is 2.31. The Bertz CT molecular complexity index is 410. The van der Waals surface area contributed by atoms with Gasteiger partial charge in [-0.05, 0) is 44.4 Å². The van der Waals surface area contributed by atoms with Crippen LogP contribution in [0, 0.1) is 18.3 Å². The van der Waals surface area contributed by atoms with Crippen molar-refractivity contribution in [1.29, 1.82) is 0 Å². The van der Waals surface area contributed by atoms with Crippen LogP contribution in [-0.4, -0.2) is 24.7 Å². The van der Waals surface area contributed by atoms with Crippen molar-refractivity contribution in [2.24, 2.45) is 11.3 Å². The highest BCUT2D eigenvalue weighted by atomic mass is 32.1. The van der Waals surface area contributed by atoms with Gasteiger partial charge in [0.25, 0.3) is 0 Å². The fraction of sp³-hybridized carbons (Fsp3) is 0.812. The third-order valence-electron chi connectivity index (χ3n) is 4.13. The van der Waals surface area contributed by atoms with E-state index in [9.17, 15) is 0 Å². The molecular formula is C16H28N2OS. The van der Waals surface area contributed by atoms with E-state index in [0.717, 1.165) is 30.7 Å². The molecule has 0 amide bonds. The lowest BCUT2D eigenvalue weighted by molar-refractivity contribution is 0.0509. The molecule has 0 spiro atoms. The monoisotopic (exact) mass is 296 g/mol. The quantitative estimate of drug-likeness (QED) is 0.863. The Hall–Kier alpha value is -0.450. The van der Waals surface area contributed by atoms with E-state index in [4.69, 9.17) is 4.74 Å². The van der Waals surface area contributed by atoms with Crippen LogP contribution in [0.25, 0.3) is 0 Å². The molecular weight excluding hydrogens is 268 g/mol. The summed E-state index contributed by atoms with van der Waals surface area (Å²) in [6.07, 6.45) is 5.75. The lowest BCUT2D eigenvalue weighted by Crippen LogP contribution is -2.33. The highest BCUT2D eigenvalue weighted by Gasteiger charge is 2.25. The zero-order valence-electron chi connectivity index (χ0n) is 13.2. The molecule has 2 rings (SSSR count). The van der Waals surface area contributed by atoms with Gasteiger partial charge in [-0.25, -0.2) is 4.98 Å². The van der Waals surface area contributed by atoms with Gasteiger partial charge in [-0.15, -0.1) is 11.3 Å². The molecule has 1 N–H and O–H groups in total. The summed E-state index contributed by atoms with van der Waals surface area (Å²) < 4.78 is 5.45. The SMILES string of the molecule is Cc1ncc(C(C)NCC(C)(C)CC2CCOCC2)s1. The van der Waals surface area contributed by atoms with Crippen LogP contribution < -0.4 is 5.32 Å². The Morgan fingerprint density at radius 1 is 1.45 bits per heavy atom. The number of aromatic nitrogens is 1. The van der Waals surface area contributed by atoms with E-state index < -0.39 is 0 Å². The molecule has 0 aromatic carbocycles. The fourth-order valence-electron chi connectivity index (χ4n) is 2.91. The van der Waals surface area contributed by atoms with Crippen molar-refractivity contribution >= 4 is 11.3 Å². The summed E-state index contributed by atoms with van der Waals surface area (Å²) in [4.78, 5) is 5.68. The van der Waals surface area contributed by atoms with Crippen molar-refractivity contribution in [1.82, 2.24) is 10.3 Å². The first-order valence-electron chi connectivity index (χ1n) is 7.70. The second-order valence-electron chi connectivity index (χ2n) is 6.81. The van der Waals surface area contributed by atoms with Crippen molar-refractivity contribution in [3.05, 3.63) is 16.1 Å². The largest absolute Gasteiger partial charge is 0.381 e. The molecule has 1 aromatic rings. The van der Waals surface area contributed by atoms with Crippen LogP contribution >= 0.6 is 11.3 Å². The predicted octanol–water partition coefficient (Wildman–Crippen LogP) is 3.95. The minimum Gasteiger partial charge on any atom is -0.381 e. The van der Waals surface area contributed by atoms with Gasteiger partial charge >= 0.3 is 0 Å². The van der Waals surface area contributed by atoms with Gasteiger partial charge in [-0.3, -0.25) is 0 Å². The first-order chi connectivity index (χ1) is 9.46. The van der Waals surface area contributed by atoms with Crippen LogP contribution in [0.4, 0.5) is 0 Å².